The highest BCUT2D eigenvalue weighted by molar-refractivity contribution is 5.37. The van der Waals surface area contributed by atoms with Gasteiger partial charge in [0.15, 0.2) is 0 Å². The van der Waals surface area contributed by atoms with Crippen molar-refractivity contribution >= 4 is 0 Å². The fourth-order valence-corrected chi connectivity index (χ4v) is 2.04. The molecule has 74 valence electrons. The topological polar surface area (TPSA) is 12.0 Å². The van der Waals surface area contributed by atoms with Crippen LogP contribution < -0.4 is 5.32 Å². The highest BCUT2D eigenvalue weighted by Crippen LogP contribution is 2.27. The summed E-state index contributed by atoms with van der Waals surface area (Å²) in [4.78, 5) is 0. The third-order valence-corrected chi connectivity index (χ3v) is 3.09. The SMILES string of the molecule is Cc1cccc(C2C=CNCC2)c1C. The molecule has 0 bridgehead atoms. The second kappa shape index (κ2) is 3.87. The molecule has 1 aliphatic heterocycles. The van der Waals surface area contributed by atoms with Crippen molar-refractivity contribution in [2.75, 3.05) is 6.54 Å². The number of nitrogens with one attached hydrogen (secondary N) is 1. The van der Waals surface area contributed by atoms with Crippen LogP contribution in [0.1, 0.15) is 29.0 Å². The van der Waals surface area contributed by atoms with Crippen LogP contribution in [0.5, 0.6) is 0 Å². The van der Waals surface area contributed by atoms with Gasteiger partial charge in [-0.3, -0.25) is 0 Å². The van der Waals surface area contributed by atoms with Crippen molar-refractivity contribution in [3.8, 4) is 0 Å². The molecule has 0 saturated carbocycles. The van der Waals surface area contributed by atoms with E-state index in [0.717, 1.165) is 6.54 Å². The van der Waals surface area contributed by atoms with Gasteiger partial charge in [0.2, 0.25) is 0 Å². The van der Waals surface area contributed by atoms with Crippen LogP contribution in [-0.4, -0.2) is 6.54 Å². The van der Waals surface area contributed by atoms with Crippen molar-refractivity contribution in [1.29, 1.82) is 0 Å². The van der Waals surface area contributed by atoms with Gasteiger partial charge in [0.1, 0.15) is 0 Å². The molecule has 1 N–H and O–H groups in total. The second-order valence-corrected chi connectivity index (χ2v) is 4.00. The minimum Gasteiger partial charge on any atom is -0.391 e. The van der Waals surface area contributed by atoms with Crippen LogP contribution >= 0.6 is 0 Å². The highest BCUT2D eigenvalue weighted by atomic mass is 14.8. The van der Waals surface area contributed by atoms with E-state index in [2.05, 4.69) is 49.6 Å². The largest absolute Gasteiger partial charge is 0.391 e. The fraction of sp³-hybridized carbons (Fsp3) is 0.385. The number of hydrogen-bond acceptors (Lipinski definition) is 1. The van der Waals surface area contributed by atoms with E-state index in [1.807, 2.05) is 0 Å². The molecular weight excluding hydrogens is 170 g/mol. The minimum absolute atomic E-state index is 0.608. The molecule has 0 spiro atoms. The Balaban J connectivity index is 2.35. The quantitative estimate of drug-likeness (QED) is 0.713. The van der Waals surface area contributed by atoms with E-state index in [4.69, 9.17) is 0 Å². The molecule has 1 heterocycles. The molecule has 1 nitrogen and oxygen atoms in total. The molecule has 0 radical (unpaired) electrons. The first kappa shape index (κ1) is 9.32. The average molecular weight is 187 g/mol. The van der Waals surface area contributed by atoms with Gasteiger partial charge in [-0.15, -0.1) is 0 Å². The maximum absolute atomic E-state index is 3.24. The van der Waals surface area contributed by atoms with Crippen molar-refractivity contribution in [1.82, 2.24) is 5.32 Å². The third-order valence-electron chi connectivity index (χ3n) is 3.09. The molecule has 1 heteroatoms. The summed E-state index contributed by atoms with van der Waals surface area (Å²) in [5.41, 5.74) is 4.33. The van der Waals surface area contributed by atoms with Crippen LogP contribution in [-0.2, 0) is 0 Å². The van der Waals surface area contributed by atoms with Gasteiger partial charge >= 0.3 is 0 Å². The van der Waals surface area contributed by atoms with E-state index < -0.39 is 0 Å². The molecule has 1 aromatic rings. The van der Waals surface area contributed by atoms with Crippen LogP contribution in [0.2, 0.25) is 0 Å². The maximum Gasteiger partial charge on any atom is 0.0150 e. The standard InChI is InChI=1S/C13H17N/c1-10-4-3-5-13(11(10)2)12-6-8-14-9-7-12/h3-6,8,12,14H,7,9H2,1-2H3. The third kappa shape index (κ3) is 1.67. The van der Waals surface area contributed by atoms with Crippen molar-refractivity contribution < 1.29 is 0 Å². The molecule has 0 amide bonds. The van der Waals surface area contributed by atoms with Crippen molar-refractivity contribution in [3.63, 3.8) is 0 Å². The van der Waals surface area contributed by atoms with Gasteiger partial charge < -0.3 is 5.32 Å². The van der Waals surface area contributed by atoms with E-state index in [1.54, 1.807) is 0 Å². The van der Waals surface area contributed by atoms with Gasteiger partial charge in [-0.25, -0.2) is 0 Å². The highest BCUT2D eigenvalue weighted by Gasteiger charge is 2.13. The Kier molecular flexibility index (Phi) is 2.58. The lowest BCUT2D eigenvalue weighted by molar-refractivity contribution is 0.654. The Labute approximate surface area is 85.8 Å². The zero-order valence-corrected chi connectivity index (χ0v) is 8.88. The van der Waals surface area contributed by atoms with Crippen LogP contribution in [0.4, 0.5) is 0 Å². The second-order valence-electron chi connectivity index (χ2n) is 4.00. The monoisotopic (exact) mass is 187 g/mol. The van der Waals surface area contributed by atoms with E-state index in [-0.39, 0.29) is 0 Å². The Hall–Kier alpha value is -1.24. The lowest BCUT2D eigenvalue weighted by Crippen LogP contribution is -2.16. The fourth-order valence-electron chi connectivity index (χ4n) is 2.04. The zero-order valence-electron chi connectivity index (χ0n) is 8.88. The summed E-state index contributed by atoms with van der Waals surface area (Å²) in [5.74, 6) is 0.608. The van der Waals surface area contributed by atoms with E-state index >= 15 is 0 Å². The van der Waals surface area contributed by atoms with Gasteiger partial charge in [-0.1, -0.05) is 24.3 Å². The number of rotatable bonds is 1. The predicted octanol–water partition coefficient (Wildman–Crippen LogP) is 2.89. The number of aryl methyl sites for hydroxylation is 1. The number of benzene rings is 1. The van der Waals surface area contributed by atoms with Gasteiger partial charge in [-0.05, 0) is 43.2 Å². The van der Waals surface area contributed by atoms with Crippen molar-refractivity contribution in [2.24, 2.45) is 0 Å². The first-order chi connectivity index (χ1) is 6.79. The summed E-state index contributed by atoms with van der Waals surface area (Å²) >= 11 is 0. The number of hydrogen-bond donors (Lipinski definition) is 1. The predicted molar refractivity (Wildman–Crippen MR) is 60.4 cm³/mol. The van der Waals surface area contributed by atoms with Gasteiger partial charge in [0, 0.05) is 12.5 Å². The van der Waals surface area contributed by atoms with Gasteiger partial charge in [-0.2, -0.15) is 0 Å². The van der Waals surface area contributed by atoms with Gasteiger partial charge in [0.25, 0.3) is 0 Å². The molecule has 0 aromatic heterocycles. The van der Waals surface area contributed by atoms with Crippen LogP contribution in [0.3, 0.4) is 0 Å². The molecule has 1 unspecified atom stereocenters. The molecule has 1 aromatic carbocycles. The Bertz CT molecular complexity index is 352. The summed E-state index contributed by atoms with van der Waals surface area (Å²) in [6.45, 7) is 5.50. The van der Waals surface area contributed by atoms with Crippen LogP contribution in [0, 0.1) is 13.8 Å². The summed E-state index contributed by atoms with van der Waals surface area (Å²) in [5, 5.41) is 3.24. The summed E-state index contributed by atoms with van der Waals surface area (Å²) in [6.07, 6.45) is 5.56. The molecule has 0 fully saturated rings. The first-order valence-electron chi connectivity index (χ1n) is 5.25. The molecule has 1 atom stereocenters. The molecular formula is C13H17N. The zero-order chi connectivity index (χ0) is 9.97. The number of allylic oxidation sites excluding steroid dienone is 1. The molecule has 0 aliphatic carbocycles. The van der Waals surface area contributed by atoms with Crippen molar-refractivity contribution in [3.05, 3.63) is 47.2 Å². The smallest absolute Gasteiger partial charge is 0.0150 e. The van der Waals surface area contributed by atoms with Crippen molar-refractivity contribution in [2.45, 2.75) is 26.2 Å². The minimum atomic E-state index is 0.608. The van der Waals surface area contributed by atoms with Crippen LogP contribution in [0.25, 0.3) is 0 Å². The molecule has 0 saturated heterocycles. The Morgan fingerprint density at radius 3 is 2.86 bits per heavy atom. The van der Waals surface area contributed by atoms with Crippen LogP contribution in [0.15, 0.2) is 30.5 Å². The summed E-state index contributed by atoms with van der Waals surface area (Å²) < 4.78 is 0. The summed E-state index contributed by atoms with van der Waals surface area (Å²) in [7, 11) is 0. The lowest BCUT2D eigenvalue weighted by Gasteiger charge is -2.20. The molecule has 1 aliphatic rings. The van der Waals surface area contributed by atoms with E-state index in [9.17, 15) is 0 Å². The summed E-state index contributed by atoms with van der Waals surface area (Å²) in [6, 6.07) is 6.60. The molecule has 2 rings (SSSR count). The lowest BCUT2D eigenvalue weighted by atomic mass is 9.89. The van der Waals surface area contributed by atoms with E-state index in [0.29, 0.717) is 5.92 Å². The van der Waals surface area contributed by atoms with Gasteiger partial charge in [0.05, 0.1) is 0 Å². The maximum atomic E-state index is 3.24. The first-order valence-corrected chi connectivity index (χ1v) is 5.25. The normalized spacial score (nSPS) is 20.6. The van der Waals surface area contributed by atoms with E-state index in [1.165, 1.54) is 23.1 Å². The Morgan fingerprint density at radius 1 is 1.29 bits per heavy atom. The molecule has 14 heavy (non-hydrogen) atoms. The Morgan fingerprint density at radius 2 is 2.14 bits per heavy atom. The average Bonchev–Trinajstić information content (AvgIpc) is 2.23.